The summed E-state index contributed by atoms with van der Waals surface area (Å²) in [6, 6.07) is 11.8. The number of aromatic carboxylic acids is 2. The average Bonchev–Trinajstić information content (AvgIpc) is 3.28. The predicted molar refractivity (Wildman–Crippen MR) is 129 cm³/mol. The fourth-order valence-corrected chi connectivity index (χ4v) is 3.37. The Bertz CT molecular complexity index is 1420. The number of carboxylic acid groups (broad SMARTS) is 2. The lowest BCUT2D eigenvalue weighted by atomic mass is 10.2. The van der Waals surface area contributed by atoms with Crippen molar-refractivity contribution >= 4 is 35.2 Å². The van der Waals surface area contributed by atoms with Crippen molar-refractivity contribution in [2.45, 2.75) is 20.0 Å². The zero-order valence-electron chi connectivity index (χ0n) is 19.3. The molecule has 0 aliphatic carbocycles. The normalized spacial score (nSPS) is 10.9. The van der Waals surface area contributed by atoms with Gasteiger partial charge in [0, 0.05) is 29.5 Å². The first-order valence-corrected chi connectivity index (χ1v) is 10.8. The first-order valence-electron chi connectivity index (χ1n) is 10.4. The summed E-state index contributed by atoms with van der Waals surface area (Å²) >= 11 is 5.73. The maximum Gasteiger partial charge on any atom is 0.417 e. The van der Waals surface area contributed by atoms with Gasteiger partial charge in [0.05, 0.1) is 16.1 Å². The molecule has 3 heterocycles. The summed E-state index contributed by atoms with van der Waals surface area (Å²) in [5, 5.41) is 20.5. The third-order valence-corrected chi connectivity index (χ3v) is 4.99. The van der Waals surface area contributed by atoms with E-state index in [0.717, 1.165) is 21.6 Å². The average molecular weight is 534 g/mol. The number of aromatic nitrogens is 4. The van der Waals surface area contributed by atoms with Crippen molar-refractivity contribution in [3.05, 3.63) is 94.2 Å². The van der Waals surface area contributed by atoms with Crippen molar-refractivity contribution in [2.24, 2.45) is 0 Å². The van der Waals surface area contributed by atoms with Gasteiger partial charge in [-0.05, 0) is 62.4 Å². The number of hydrogen-bond acceptors (Lipinski definition) is 6. The summed E-state index contributed by atoms with van der Waals surface area (Å²) in [5.41, 5.74) is 1.63. The van der Waals surface area contributed by atoms with E-state index < -0.39 is 23.7 Å². The van der Waals surface area contributed by atoms with Crippen LogP contribution >= 0.6 is 11.6 Å². The van der Waals surface area contributed by atoms with E-state index in [9.17, 15) is 22.8 Å². The van der Waals surface area contributed by atoms with Crippen LogP contribution < -0.4 is 5.32 Å². The highest BCUT2D eigenvalue weighted by atomic mass is 35.5. The Morgan fingerprint density at radius 3 is 2.11 bits per heavy atom. The van der Waals surface area contributed by atoms with Gasteiger partial charge in [0.2, 0.25) is 5.95 Å². The number of nitrogens with zero attached hydrogens (tertiary/aromatic N) is 4. The van der Waals surface area contributed by atoms with Gasteiger partial charge in [-0.2, -0.15) is 13.2 Å². The molecule has 192 valence electrons. The Balaban J connectivity index is 0.000000206. The Kier molecular flexibility index (Phi) is 8.13. The van der Waals surface area contributed by atoms with Gasteiger partial charge in [-0.25, -0.2) is 24.5 Å². The molecule has 13 heteroatoms. The molecule has 0 spiro atoms. The molecule has 9 nitrogen and oxygen atoms in total. The van der Waals surface area contributed by atoms with Crippen molar-refractivity contribution in [1.82, 2.24) is 19.5 Å². The van der Waals surface area contributed by atoms with Crippen molar-refractivity contribution in [3.8, 4) is 5.82 Å². The Morgan fingerprint density at radius 2 is 1.59 bits per heavy atom. The molecule has 0 fully saturated rings. The quantitative estimate of drug-likeness (QED) is 0.294. The van der Waals surface area contributed by atoms with E-state index in [2.05, 4.69) is 20.3 Å². The molecule has 3 N–H and O–H groups in total. The van der Waals surface area contributed by atoms with Gasteiger partial charge in [0.25, 0.3) is 0 Å². The molecular weight excluding hydrogens is 515 g/mol. The third-order valence-electron chi connectivity index (χ3n) is 4.72. The molecule has 4 aromatic rings. The molecule has 0 radical (unpaired) electrons. The molecular formula is C24H19ClF3N5O4. The summed E-state index contributed by atoms with van der Waals surface area (Å²) in [6.45, 7) is 3.79. The number of benzene rings is 1. The van der Waals surface area contributed by atoms with Gasteiger partial charge in [0.1, 0.15) is 5.69 Å². The van der Waals surface area contributed by atoms with Crippen LogP contribution in [-0.2, 0) is 6.18 Å². The van der Waals surface area contributed by atoms with Crippen LogP contribution in [0.5, 0.6) is 0 Å². The molecule has 37 heavy (non-hydrogen) atoms. The number of hydrogen-bond donors (Lipinski definition) is 3. The van der Waals surface area contributed by atoms with Gasteiger partial charge >= 0.3 is 18.1 Å². The SMILES string of the molecule is Cc1cc(C)nc(Nc2ccc(C(=O)O)cc2)n1.O=C(O)c1cccn1-c1ncc(C(F)(F)F)cc1Cl. The smallest absolute Gasteiger partial charge is 0.417 e. The molecule has 0 aliphatic rings. The summed E-state index contributed by atoms with van der Waals surface area (Å²) in [6.07, 6.45) is -2.60. The van der Waals surface area contributed by atoms with Gasteiger partial charge in [0.15, 0.2) is 5.82 Å². The highest BCUT2D eigenvalue weighted by molar-refractivity contribution is 6.32. The van der Waals surface area contributed by atoms with Crippen LogP contribution in [0, 0.1) is 13.8 Å². The van der Waals surface area contributed by atoms with E-state index in [-0.39, 0.29) is 22.1 Å². The Labute approximate surface area is 213 Å². The molecule has 0 bridgehead atoms. The standard InChI is InChI=1S/C13H13N3O2.C11H6ClF3N2O2/c1-8-7-9(2)15-13(14-8)16-11-5-3-10(4-6-11)12(17)18;12-7-4-6(11(13,14)15)5-16-9(7)17-3-1-2-8(17)10(18)19/h3-7H,1-2H3,(H,17,18)(H,14,15,16);1-5H,(H,18,19). The van der Waals surface area contributed by atoms with Gasteiger partial charge in [-0.3, -0.25) is 4.57 Å². The Morgan fingerprint density at radius 1 is 0.973 bits per heavy atom. The predicted octanol–water partition coefficient (Wildman–Crippen LogP) is 5.78. The third kappa shape index (κ3) is 7.04. The first-order chi connectivity index (χ1) is 17.3. The van der Waals surface area contributed by atoms with Crippen LogP contribution in [0.15, 0.2) is 60.9 Å². The van der Waals surface area contributed by atoms with E-state index in [1.165, 1.54) is 30.5 Å². The summed E-state index contributed by atoms with van der Waals surface area (Å²) < 4.78 is 38.5. The van der Waals surface area contributed by atoms with Crippen molar-refractivity contribution < 1.29 is 33.0 Å². The summed E-state index contributed by atoms with van der Waals surface area (Å²) in [5.74, 6) is -1.74. The number of halogens is 4. The maximum atomic E-state index is 12.4. The number of aryl methyl sites for hydroxylation is 2. The maximum absolute atomic E-state index is 12.4. The second kappa shape index (κ2) is 11.1. The van der Waals surface area contributed by atoms with Gasteiger partial charge in [-0.15, -0.1) is 0 Å². The lowest BCUT2D eigenvalue weighted by Crippen LogP contribution is -2.10. The van der Waals surface area contributed by atoms with Crippen LogP contribution in [0.25, 0.3) is 5.82 Å². The molecule has 0 atom stereocenters. The number of alkyl halides is 3. The summed E-state index contributed by atoms with van der Waals surface area (Å²) in [7, 11) is 0. The van der Waals surface area contributed by atoms with Crippen molar-refractivity contribution in [3.63, 3.8) is 0 Å². The fourth-order valence-electron chi connectivity index (χ4n) is 3.11. The van der Waals surface area contributed by atoms with Crippen LogP contribution in [0.3, 0.4) is 0 Å². The van der Waals surface area contributed by atoms with Crippen LogP contribution in [0.4, 0.5) is 24.8 Å². The lowest BCUT2D eigenvalue weighted by Gasteiger charge is -2.10. The minimum Gasteiger partial charge on any atom is -0.478 e. The molecule has 0 saturated heterocycles. The molecule has 4 rings (SSSR count). The minimum absolute atomic E-state index is 0.0722. The molecule has 1 aromatic carbocycles. The second-order valence-corrected chi connectivity index (χ2v) is 7.98. The molecule has 0 amide bonds. The zero-order chi connectivity index (χ0) is 27.3. The highest BCUT2D eigenvalue weighted by Gasteiger charge is 2.32. The number of pyridine rings is 1. The van der Waals surface area contributed by atoms with Crippen LogP contribution in [0.1, 0.15) is 37.8 Å². The van der Waals surface area contributed by atoms with Crippen LogP contribution in [0.2, 0.25) is 5.02 Å². The molecule has 0 saturated carbocycles. The number of carboxylic acids is 2. The number of rotatable bonds is 5. The van der Waals surface area contributed by atoms with Gasteiger partial charge in [-0.1, -0.05) is 11.6 Å². The molecule has 3 aromatic heterocycles. The van der Waals surface area contributed by atoms with Crippen molar-refractivity contribution in [1.29, 1.82) is 0 Å². The topological polar surface area (TPSA) is 130 Å². The highest BCUT2D eigenvalue weighted by Crippen LogP contribution is 2.32. The largest absolute Gasteiger partial charge is 0.478 e. The van der Waals surface area contributed by atoms with Crippen LogP contribution in [-0.4, -0.2) is 41.7 Å². The van der Waals surface area contributed by atoms with E-state index in [0.29, 0.717) is 18.2 Å². The van der Waals surface area contributed by atoms with E-state index in [4.69, 9.17) is 21.8 Å². The summed E-state index contributed by atoms with van der Waals surface area (Å²) in [4.78, 5) is 33.7. The fraction of sp³-hybridized carbons (Fsp3) is 0.125. The van der Waals surface area contributed by atoms with E-state index >= 15 is 0 Å². The zero-order valence-corrected chi connectivity index (χ0v) is 20.0. The number of anilines is 2. The second-order valence-electron chi connectivity index (χ2n) is 7.58. The molecule has 0 unspecified atom stereocenters. The minimum atomic E-state index is -4.55. The van der Waals surface area contributed by atoms with Gasteiger partial charge < -0.3 is 15.5 Å². The Hall–Kier alpha value is -4.45. The van der Waals surface area contributed by atoms with E-state index in [1.807, 2.05) is 19.9 Å². The number of carbonyl (C=O) groups is 2. The number of nitrogens with one attached hydrogen (secondary N) is 1. The van der Waals surface area contributed by atoms with E-state index in [1.54, 1.807) is 12.1 Å². The van der Waals surface area contributed by atoms with Crippen molar-refractivity contribution in [2.75, 3.05) is 5.32 Å². The molecule has 0 aliphatic heterocycles. The first kappa shape index (κ1) is 27.1. The lowest BCUT2D eigenvalue weighted by molar-refractivity contribution is -0.137. The monoisotopic (exact) mass is 533 g/mol.